The van der Waals surface area contributed by atoms with E-state index in [1.807, 2.05) is 6.07 Å². The number of hydrogen-bond acceptors (Lipinski definition) is 3. The van der Waals surface area contributed by atoms with Crippen LogP contribution in [-0.4, -0.2) is 36.3 Å². The molecule has 5 nitrogen and oxygen atoms in total. The summed E-state index contributed by atoms with van der Waals surface area (Å²) in [6, 6.07) is 8.25. The quantitative estimate of drug-likeness (QED) is 0.843. The number of carboxylic acid groups (broad SMARTS) is 1. The van der Waals surface area contributed by atoms with E-state index in [-0.39, 0.29) is 6.54 Å². The zero-order chi connectivity index (χ0) is 13.8. The lowest BCUT2D eigenvalue weighted by Crippen LogP contribution is -2.40. The van der Waals surface area contributed by atoms with Crippen molar-refractivity contribution in [2.75, 3.05) is 5.75 Å². The first-order valence-electron chi connectivity index (χ1n) is 5.25. The van der Waals surface area contributed by atoms with Gasteiger partial charge in [0.25, 0.3) is 0 Å². The van der Waals surface area contributed by atoms with Gasteiger partial charge in [-0.1, -0.05) is 30.3 Å². The van der Waals surface area contributed by atoms with Crippen molar-refractivity contribution >= 4 is 25.8 Å². The van der Waals surface area contributed by atoms with Crippen LogP contribution in [0.15, 0.2) is 30.3 Å². The second-order valence-corrected chi connectivity index (χ2v) is 6.77. The van der Waals surface area contributed by atoms with Crippen LogP contribution in [0.1, 0.15) is 12.5 Å². The SMILES string of the molecule is CC(CS(=O)(=O)Cl)N(Cc1ccccc1)C(=O)O. The molecule has 1 aromatic carbocycles. The highest BCUT2D eigenvalue weighted by Crippen LogP contribution is 2.12. The lowest BCUT2D eigenvalue weighted by molar-refractivity contribution is 0.129. The average molecular weight is 292 g/mol. The third-order valence-electron chi connectivity index (χ3n) is 2.41. The number of hydrogen-bond donors (Lipinski definition) is 1. The van der Waals surface area contributed by atoms with Gasteiger partial charge < -0.3 is 10.0 Å². The molecule has 0 aliphatic heterocycles. The summed E-state index contributed by atoms with van der Waals surface area (Å²) in [5, 5.41) is 9.09. The molecular formula is C11H14ClNO4S. The molecule has 0 saturated carbocycles. The molecule has 1 N–H and O–H groups in total. The molecule has 0 radical (unpaired) electrons. The Hall–Kier alpha value is -1.27. The van der Waals surface area contributed by atoms with Crippen molar-refractivity contribution < 1.29 is 18.3 Å². The van der Waals surface area contributed by atoms with Crippen LogP contribution in [0.25, 0.3) is 0 Å². The highest BCUT2D eigenvalue weighted by molar-refractivity contribution is 8.13. The van der Waals surface area contributed by atoms with E-state index in [0.29, 0.717) is 0 Å². The maximum absolute atomic E-state index is 11.1. The van der Waals surface area contributed by atoms with Crippen LogP contribution in [0.4, 0.5) is 4.79 Å². The van der Waals surface area contributed by atoms with Gasteiger partial charge in [-0.3, -0.25) is 0 Å². The van der Waals surface area contributed by atoms with Crippen molar-refractivity contribution in [3.05, 3.63) is 35.9 Å². The summed E-state index contributed by atoms with van der Waals surface area (Å²) in [6.45, 7) is 1.64. The monoisotopic (exact) mass is 291 g/mol. The van der Waals surface area contributed by atoms with Gasteiger partial charge in [0.1, 0.15) is 0 Å². The second-order valence-electron chi connectivity index (χ2n) is 3.95. The van der Waals surface area contributed by atoms with Crippen molar-refractivity contribution in [2.24, 2.45) is 0 Å². The normalized spacial score (nSPS) is 13.0. The zero-order valence-electron chi connectivity index (χ0n) is 9.78. The molecule has 1 amide bonds. The highest BCUT2D eigenvalue weighted by atomic mass is 35.7. The molecule has 18 heavy (non-hydrogen) atoms. The van der Waals surface area contributed by atoms with Crippen LogP contribution in [0.5, 0.6) is 0 Å². The van der Waals surface area contributed by atoms with Gasteiger partial charge >= 0.3 is 6.09 Å². The smallest absolute Gasteiger partial charge is 0.407 e. The van der Waals surface area contributed by atoms with E-state index in [1.165, 1.54) is 6.92 Å². The molecular weight excluding hydrogens is 278 g/mol. The van der Waals surface area contributed by atoms with E-state index in [2.05, 4.69) is 0 Å². The summed E-state index contributed by atoms with van der Waals surface area (Å²) < 4.78 is 21.9. The first-order chi connectivity index (χ1) is 8.29. The van der Waals surface area contributed by atoms with Crippen LogP contribution in [0.2, 0.25) is 0 Å². The Morgan fingerprint density at radius 2 is 1.94 bits per heavy atom. The van der Waals surface area contributed by atoms with Crippen molar-refractivity contribution in [2.45, 2.75) is 19.5 Å². The Morgan fingerprint density at radius 1 is 1.39 bits per heavy atom. The minimum atomic E-state index is -3.73. The van der Waals surface area contributed by atoms with Gasteiger partial charge in [-0.25, -0.2) is 13.2 Å². The maximum Gasteiger partial charge on any atom is 0.407 e. The van der Waals surface area contributed by atoms with Gasteiger partial charge in [0.2, 0.25) is 9.05 Å². The van der Waals surface area contributed by atoms with E-state index in [0.717, 1.165) is 10.5 Å². The van der Waals surface area contributed by atoms with Crippen molar-refractivity contribution in [3.8, 4) is 0 Å². The molecule has 0 spiro atoms. The average Bonchev–Trinajstić information content (AvgIpc) is 2.24. The largest absolute Gasteiger partial charge is 0.465 e. The minimum Gasteiger partial charge on any atom is -0.465 e. The topological polar surface area (TPSA) is 74.7 Å². The summed E-state index contributed by atoms with van der Waals surface area (Å²) in [4.78, 5) is 12.2. The third-order valence-corrected chi connectivity index (χ3v) is 3.67. The number of amides is 1. The third kappa shape index (κ3) is 4.93. The number of rotatable bonds is 5. The molecule has 1 atom stereocenters. The molecule has 1 rings (SSSR count). The van der Waals surface area contributed by atoms with Gasteiger partial charge in [-0.15, -0.1) is 0 Å². The molecule has 100 valence electrons. The van der Waals surface area contributed by atoms with Crippen molar-refractivity contribution in [3.63, 3.8) is 0 Å². The second kappa shape index (κ2) is 6.06. The molecule has 0 bridgehead atoms. The molecule has 0 aliphatic carbocycles. The van der Waals surface area contributed by atoms with E-state index >= 15 is 0 Å². The first-order valence-corrected chi connectivity index (χ1v) is 7.73. The Balaban J connectivity index is 2.81. The minimum absolute atomic E-state index is 0.129. The number of nitrogens with zero attached hydrogens (tertiary/aromatic N) is 1. The predicted molar refractivity (Wildman–Crippen MR) is 69.1 cm³/mol. The molecule has 0 aliphatic rings. The van der Waals surface area contributed by atoms with Gasteiger partial charge in [0, 0.05) is 23.3 Å². The predicted octanol–water partition coefficient (Wildman–Crippen LogP) is 2.12. The summed E-state index contributed by atoms with van der Waals surface area (Å²) in [5.74, 6) is -0.409. The highest BCUT2D eigenvalue weighted by Gasteiger charge is 2.23. The van der Waals surface area contributed by atoms with E-state index in [4.69, 9.17) is 15.8 Å². The van der Waals surface area contributed by atoms with Crippen LogP contribution < -0.4 is 0 Å². The molecule has 7 heteroatoms. The van der Waals surface area contributed by atoms with Gasteiger partial charge in [-0.05, 0) is 12.5 Å². The number of carbonyl (C=O) groups is 1. The summed E-state index contributed by atoms with van der Waals surface area (Å²) in [5.41, 5.74) is 0.790. The fourth-order valence-corrected chi connectivity index (χ4v) is 2.87. The van der Waals surface area contributed by atoms with E-state index in [1.54, 1.807) is 24.3 Å². The molecule has 0 fully saturated rings. The van der Waals surface area contributed by atoms with E-state index in [9.17, 15) is 13.2 Å². The van der Waals surface area contributed by atoms with Gasteiger partial charge in [0.15, 0.2) is 0 Å². The lowest BCUT2D eigenvalue weighted by atomic mass is 10.2. The lowest BCUT2D eigenvalue weighted by Gasteiger charge is -2.25. The Bertz CT molecular complexity index is 503. The summed E-state index contributed by atoms with van der Waals surface area (Å²) >= 11 is 0. The number of benzene rings is 1. The Kier molecular flexibility index (Phi) is 4.98. The van der Waals surface area contributed by atoms with Gasteiger partial charge in [0.05, 0.1) is 5.75 Å². The molecule has 0 saturated heterocycles. The molecule has 0 heterocycles. The summed E-state index contributed by atoms with van der Waals surface area (Å²) in [7, 11) is 1.41. The summed E-state index contributed by atoms with van der Waals surface area (Å²) in [6.07, 6.45) is -1.17. The van der Waals surface area contributed by atoms with Crippen LogP contribution >= 0.6 is 10.7 Å². The van der Waals surface area contributed by atoms with Crippen LogP contribution in [0, 0.1) is 0 Å². The fourth-order valence-electron chi connectivity index (χ4n) is 1.57. The molecule has 0 aromatic heterocycles. The molecule has 1 aromatic rings. The Labute approximate surface area is 110 Å². The Morgan fingerprint density at radius 3 is 2.39 bits per heavy atom. The van der Waals surface area contributed by atoms with Crippen molar-refractivity contribution in [1.29, 1.82) is 0 Å². The first kappa shape index (κ1) is 14.8. The maximum atomic E-state index is 11.1. The van der Waals surface area contributed by atoms with Crippen molar-refractivity contribution in [1.82, 2.24) is 4.90 Å². The zero-order valence-corrected chi connectivity index (χ0v) is 11.4. The number of halogens is 1. The standard InChI is InChI=1S/C11H14ClNO4S/c1-9(8-18(12,16)17)13(11(14)15)7-10-5-3-2-4-6-10/h2-6,9H,7-8H2,1H3,(H,14,15). The fraction of sp³-hybridized carbons (Fsp3) is 0.364. The van der Waals surface area contributed by atoms with Crippen LogP contribution in [0.3, 0.4) is 0 Å². The van der Waals surface area contributed by atoms with Crippen LogP contribution in [-0.2, 0) is 15.6 Å². The van der Waals surface area contributed by atoms with Gasteiger partial charge in [-0.2, -0.15) is 0 Å². The molecule has 1 unspecified atom stereocenters. The van der Waals surface area contributed by atoms with E-state index < -0.39 is 26.9 Å².